The average molecular weight is 219 g/mol. The van der Waals surface area contributed by atoms with E-state index in [1.165, 1.54) is 5.56 Å². The third-order valence-electron chi connectivity index (χ3n) is 2.66. The molecule has 0 atom stereocenters. The van der Waals surface area contributed by atoms with Gasteiger partial charge in [-0.2, -0.15) is 0 Å². The van der Waals surface area contributed by atoms with Crippen molar-refractivity contribution in [1.82, 2.24) is 4.90 Å². The summed E-state index contributed by atoms with van der Waals surface area (Å²) in [6.45, 7) is 11.1. The second kappa shape index (κ2) is 8.08. The summed E-state index contributed by atoms with van der Waals surface area (Å²) in [5.41, 5.74) is 1.43. The van der Waals surface area contributed by atoms with Gasteiger partial charge in [-0.15, -0.1) is 13.2 Å². The number of nitrogens with zero attached hydrogens (tertiary/aromatic N) is 1. The molecule has 1 aliphatic heterocycles. The summed E-state index contributed by atoms with van der Waals surface area (Å²) in [5, 5.41) is 0. The van der Waals surface area contributed by atoms with Gasteiger partial charge in [0.25, 0.3) is 0 Å². The van der Waals surface area contributed by atoms with E-state index in [4.69, 9.17) is 4.74 Å². The van der Waals surface area contributed by atoms with E-state index in [0.717, 1.165) is 39.3 Å². The van der Waals surface area contributed by atoms with Crippen molar-refractivity contribution in [3.05, 3.63) is 49.1 Å². The van der Waals surface area contributed by atoms with Gasteiger partial charge in [0.15, 0.2) is 0 Å². The molecule has 1 saturated heterocycles. The van der Waals surface area contributed by atoms with Crippen molar-refractivity contribution in [3.63, 3.8) is 0 Å². The Morgan fingerprint density at radius 2 is 1.69 bits per heavy atom. The van der Waals surface area contributed by atoms with Crippen molar-refractivity contribution in [3.8, 4) is 0 Å². The van der Waals surface area contributed by atoms with Crippen LogP contribution < -0.4 is 0 Å². The summed E-state index contributed by atoms with van der Waals surface area (Å²) in [7, 11) is 0. The van der Waals surface area contributed by atoms with Crippen LogP contribution in [0, 0.1) is 0 Å². The lowest BCUT2D eigenvalue weighted by Crippen LogP contribution is -2.37. The molecular formula is C14H21NO. The summed E-state index contributed by atoms with van der Waals surface area (Å²) in [6.07, 6.45) is 1.15. The molecule has 0 aromatic heterocycles. The van der Waals surface area contributed by atoms with E-state index in [9.17, 15) is 0 Å². The number of benzene rings is 1. The van der Waals surface area contributed by atoms with Crippen LogP contribution in [0.25, 0.3) is 0 Å². The first-order valence-electron chi connectivity index (χ1n) is 5.79. The van der Waals surface area contributed by atoms with Gasteiger partial charge in [-0.05, 0) is 12.0 Å². The maximum Gasteiger partial charge on any atom is 0.0594 e. The minimum Gasteiger partial charge on any atom is -0.379 e. The van der Waals surface area contributed by atoms with Gasteiger partial charge in [-0.1, -0.05) is 30.3 Å². The standard InChI is InChI=1S/C12H17NO.C2H4/c1-2-4-12(5-3-1)6-7-13-8-10-14-11-9-13;1-2/h1-5H,6-11H2;1-2H2. The van der Waals surface area contributed by atoms with Crippen molar-refractivity contribution in [2.45, 2.75) is 6.42 Å². The lowest BCUT2D eigenvalue weighted by Gasteiger charge is -2.26. The highest BCUT2D eigenvalue weighted by molar-refractivity contribution is 5.14. The molecule has 16 heavy (non-hydrogen) atoms. The summed E-state index contributed by atoms with van der Waals surface area (Å²) in [5.74, 6) is 0. The van der Waals surface area contributed by atoms with Gasteiger partial charge < -0.3 is 4.74 Å². The Hall–Kier alpha value is -1.12. The first-order valence-corrected chi connectivity index (χ1v) is 5.79. The zero-order valence-corrected chi connectivity index (χ0v) is 9.90. The fourth-order valence-electron chi connectivity index (χ4n) is 1.76. The van der Waals surface area contributed by atoms with Crippen LogP contribution in [0.15, 0.2) is 43.5 Å². The number of hydrogen-bond acceptors (Lipinski definition) is 2. The van der Waals surface area contributed by atoms with Gasteiger partial charge in [-0.3, -0.25) is 4.90 Å². The second-order valence-electron chi connectivity index (χ2n) is 3.69. The maximum absolute atomic E-state index is 5.31. The molecule has 1 heterocycles. The summed E-state index contributed by atoms with van der Waals surface area (Å²) >= 11 is 0. The van der Waals surface area contributed by atoms with Gasteiger partial charge in [0.05, 0.1) is 13.2 Å². The second-order valence-corrected chi connectivity index (χ2v) is 3.69. The van der Waals surface area contributed by atoms with E-state index in [2.05, 4.69) is 48.4 Å². The molecule has 0 amide bonds. The number of rotatable bonds is 3. The zero-order chi connectivity index (χ0) is 11.6. The molecule has 1 aromatic rings. The van der Waals surface area contributed by atoms with Gasteiger partial charge in [-0.25, -0.2) is 0 Å². The molecular weight excluding hydrogens is 198 g/mol. The average Bonchev–Trinajstić information content (AvgIpc) is 2.41. The lowest BCUT2D eigenvalue weighted by molar-refractivity contribution is 0.0384. The summed E-state index contributed by atoms with van der Waals surface area (Å²) < 4.78 is 5.31. The van der Waals surface area contributed by atoms with Crippen LogP contribution in [-0.2, 0) is 11.2 Å². The van der Waals surface area contributed by atoms with Crippen molar-refractivity contribution in [2.24, 2.45) is 0 Å². The first-order chi connectivity index (χ1) is 7.95. The van der Waals surface area contributed by atoms with E-state index < -0.39 is 0 Å². The third-order valence-corrected chi connectivity index (χ3v) is 2.66. The Balaban J connectivity index is 0.000000606. The van der Waals surface area contributed by atoms with E-state index >= 15 is 0 Å². The molecule has 1 aromatic carbocycles. The lowest BCUT2D eigenvalue weighted by atomic mass is 10.1. The smallest absolute Gasteiger partial charge is 0.0594 e. The molecule has 0 radical (unpaired) electrons. The third kappa shape index (κ3) is 4.60. The highest BCUT2D eigenvalue weighted by atomic mass is 16.5. The minimum atomic E-state index is 0.898. The van der Waals surface area contributed by atoms with Crippen molar-refractivity contribution >= 4 is 0 Å². The number of ether oxygens (including phenoxy) is 1. The minimum absolute atomic E-state index is 0.898. The fraction of sp³-hybridized carbons (Fsp3) is 0.429. The monoisotopic (exact) mass is 219 g/mol. The Labute approximate surface area is 98.5 Å². The van der Waals surface area contributed by atoms with Crippen molar-refractivity contribution in [1.29, 1.82) is 0 Å². The first kappa shape index (κ1) is 12.9. The normalized spacial score (nSPS) is 16.2. The van der Waals surface area contributed by atoms with E-state index in [1.807, 2.05) is 0 Å². The van der Waals surface area contributed by atoms with Crippen LogP contribution in [0.5, 0.6) is 0 Å². The van der Waals surface area contributed by atoms with Gasteiger partial charge in [0.2, 0.25) is 0 Å². The molecule has 88 valence electrons. The van der Waals surface area contributed by atoms with Crippen molar-refractivity contribution < 1.29 is 4.74 Å². The molecule has 2 heteroatoms. The van der Waals surface area contributed by atoms with Crippen LogP contribution >= 0.6 is 0 Å². The molecule has 1 aliphatic rings. The van der Waals surface area contributed by atoms with Crippen LogP contribution in [0.3, 0.4) is 0 Å². The molecule has 0 spiro atoms. The molecule has 2 nitrogen and oxygen atoms in total. The molecule has 0 saturated carbocycles. The van der Waals surface area contributed by atoms with Crippen LogP contribution in [-0.4, -0.2) is 37.7 Å². The van der Waals surface area contributed by atoms with Crippen LogP contribution in [0.1, 0.15) is 5.56 Å². The Morgan fingerprint density at radius 1 is 1.06 bits per heavy atom. The van der Waals surface area contributed by atoms with Crippen LogP contribution in [0.4, 0.5) is 0 Å². The van der Waals surface area contributed by atoms with E-state index in [0.29, 0.717) is 0 Å². The maximum atomic E-state index is 5.31. The molecule has 0 aliphatic carbocycles. The topological polar surface area (TPSA) is 12.5 Å². The molecule has 0 unspecified atom stereocenters. The Bertz CT molecular complexity index is 267. The molecule has 1 fully saturated rings. The largest absolute Gasteiger partial charge is 0.379 e. The van der Waals surface area contributed by atoms with Gasteiger partial charge in [0.1, 0.15) is 0 Å². The molecule has 2 rings (SSSR count). The Morgan fingerprint density at radius 3 is 2.31 bits per heavy atom. The number of hydrogen-bond donors (Lipinski definition) is 0. The predicted octanol–water partition coefficient (Wildman–Crippen LogP) is 2.36. The predicted molar refractivity (Wildman–Crippen MR) is 68.7 cm³/mol. The summed E-state index contributed by atoms with van der Waals surface area (Å²) in [6, 6.07) is 10.7. The SMILES string of the molecule is C=C.c1ccc(CCN2CCOCC2)cc1. The highest BCUT2D eigenvalue weighted by Crippen LogP contribution is 2.03. The van der Waals surface area contributed by atoms with Crippen LogP contribution in [0.2, 0.25) is 0 Å². The van der Waals surface area contributed by atoms with Crippen molar-refractivity contribution in [2.75, 3.05) is 32.8 Å². The fourth-order valence-corrected chi connectivity index (χ4v) is 1.76. The van der Waals surface area contributed by atoms with Gasteiger partial charge >= 0.3 is 0 Å². The summed E-state index contributed by atoms with van der Waals surface area (Å²) in [4.78, 5) is 2.47. The van der Waals surface area contributed by atoms with E-state index in [1.54, 1.807) is 0 Å². The van der Waals surface area contributed by atoms with Gasteiger partial charge in [0, 0.05) is 19.6 Å². The zero-order valence-electron chi connectivity index (χ0n) is 9.90. The quantitative estimate of drug-likeness (QED) is 0.724. The highest BCUT2D eigenvalue weighted by Gasteiger charge is 2.09. The molecule has 0 N–H and O–H groups in total. The number of morpholine rings is 1. The van der Waals surface area contributed by atoms with E-state index in [-0.39, 0.29) is 0 Å². The Kier molecular flexibility index (Phi) is 6.54. The molecule has 0 bridgehead atoms.